The van der Waals surface area contributed by atoms with Gasteiger partial charge in [-0.2, -0.15) is 0 Å². The number of hydrogen-bond acceptors (Lipinski definition) is 15. The molecule has 0 heterocycles. The van der Waals surface area contributed by atoms with Crippen LogP contribution in [-0.4, -0.2) is 96.7 Å². The minimum Gasteiger partial charge on any atom is -0.462 e. The zero-order chi connectivity index (χ0) is 67.0. The number of ether oxygens (including phenoxy) is 4. The Bertz CT molecular complexity index is 1750. The van der Waals surface area contributed by atoms with Crippen LogP contribution in [0.1, 0.15) is 375 Å². The van der Waals surface area contributed by atoms with Crippen molar-refractivity contribution in [1.29, 1.82) is 0 Å². The molecule has 2 unspecified atom stereocenters. The van der Waals surface area contributed by atoms with Crippen molar-refractivity contribution in [3.8, 4) is 0 Å². The average Bonchev–Trinajstić information content (AvgIpc) is 3.72. The number of esters is 4. The lowest BCUT2D eigenvalue weighted by atomic mass is 10.0. The van der Waals surface area contributed by atoms with Gasteiger partial charge in [0.05, 0.1) is 26.4 Å². The van der Waals surface area contributed by atoms with Crippen LogP contribution in [0.5, 0.6) is 0 Å². The predicted molar refractivity (Wildman–Crippen MR) is 368 cm³/mol. The number of aliphatic hydroxyl groups excluding tert-OH is 1. The van der Waals surface area contributed by atoms with E-state index in [4.69, 9.17) is 37.0 Å². The van der Waals surface area contributed by atoms with E-state index in [1.807, 2.05) is 0 Å². The Morgan fingerprint density at radius 3 is 0.747 bits per heavy atom. The van der Waals surface area contributed by atoms with Crippen molar-refractivity contribution >= 4 is 39.5 Å². The molecule has 0 spiro atoms. The largest absolute Gasteiger partial charge is 0.472 e. The molecule has 0 rings (SSSR count). The number of phosphoric acid groups is 2. The molecule has 3 N–H and O–H groups in total. The van der Waals surface area contributed by atoms with Crippen LogP contribution < -0.4 is 0 Å². The summed E-state index contributed by atoms with van der Waals surface area (Å²) in [6.07, 6.45) is 52.8. The first kappa shape index (κ1) is 89.1. The van der Waals surface area contributed by atoms with Crippen LogP contribution in [-0.2, 0) is 65.4 Å². The molecule has 17 nitrogen and oxygen atoms in total. The number of rotatable bonds is 72. The molecule has 0 saturated carbocycles. The summed E-state index contributed by atoms with van der Waals surface area (Å²) >= 11 is 0. The highest BCUT2D eigenvalue weighted by Crippen LogP contribution is 2.45. The lowest BCUT2D eigenvalue weighted by Gasteiger charge is -2.21. The van der Waals surface area contributed by atoms with Crippen LogP contribution >= 0.6 is 15.6 Å². The van der Waals surface area contributed by atoms with Crippen LogP contribution in [0.2, 0.25) is 0 Å². The number of phosphoric ester groups is 2. The highest BCUT2D eigenvalue weighted by atomic mass is 31.2. The van der Waals surface area contributed by atoms with Gasteiger partial charge in [-0.15, -0.1) is 0 Å². The molecular formula is C72H140O17P2. The van der Waals surface area contributed by atoms with Gasteiger partial charge in [0.25, 0.3) is 0 Å². The zero-order valence-corrected chi connectivity index (χ0v) is 60.8. The summed E-state index contributed by atoms with van der Waals surface area (Å²) in [5.41, 5.74) is 0. The highest BCUT2D eigenvalue weighted by Gasteiger charge is 2.30. The first-order valence-electron chi connectivity index (χ1n) is 37.6. The van der Waals surface area contributed by atoms with Crippen LogP contribution in [0.25, 0.3) is 0 Å². The number of carbonyl (C=O) groups excluding carboxylic acids is 4. The topological polar surface area (TPSA) is 237 Å². The van der Waals surface area contributed by atoms with Gasteiger partial charge in [-0.05, 0) is 31.6 Å². The Morgan fingerprint density at radius 2 is 0.505 bits per heavy atom. The van der Waals surface area contributed by atoms with Gasteiger partial charge in [0.1, 0.15) is 19.3 Å². The molecule has 0 aliphatic heterocycles. The van der Waals surface area contributed by atoms with E-state index in [0.717, 1.165) is 109 Å². The van der Waals surface area contributed by atoms with Crippen molar-refractivity contribution in [2.75, 3.05) is 39.6 Å². The van der Waals surface area contributed by atoms with Crippen molar-refractivity contribution < 1.29 is 80.2 Å². The molecule has 0 aromatic heterocycles. The third-order valence-corrected chi connectivity index (χ3v) is 18.7. The summed E-state index contributed by atoms with van der Waals surface area (Å²) in [7, 11) is -9.90. The van der Waals surface area contributed by atoms with Gasteiger partial charge >= 0.3 is 39.5 Å². The fraction of sp³-hybridized carbons (Fsp3) is 0.944. The first-order valence-corrected chi connectivity index (χ1v) is 40.6. The molecule has 5 atom stereocenters. The highest BCUT2D eigenvalue weighted by molar-refractivity contribution is 7.47. The lowest BCUT2D eigenvalue weighted by molar-refractivity contribution is -0.161. The Labute approximate surface area is 556 Å². The Balaban J connectivity index is 5.18. The minimum absolute atomic E-state index is 0.107. The van der Waals surface area contributed by atoms with Crippen molar-refractivity contribution in [1.82, 2.24) is 0 Å². The molecule has 0 aromatic carbocycles. The quantitative estimate of drug-likeness (QED) is 0.0222. The third kappa shape index (κ3) is 66.5. The molecule has 0 aromatic rings. The van der Waals surface area contributed by atoms with Crippen LogP contribution in [0, 0.1) is 5.92 Å². The molecule has 540 valence electrons. The first-order chi connectivity index (χ1) is 44.0. The maximum absolute atomic E-state index is 13.0. The van der Waals surface area contributed by atoms with E-state index >= 15 is 0 Å². The van der Waals surface area contributed by atoms with Gasteiger partial charge in [0, 0.05) is 25.7 Å². The van der Waals surface area contributed by atoms with Gasteiger partial charge in [0.2, 0.25) is 0 Å². The van der Waals surface area contributed by atoms with E-state index in [9.17, 15) is 43.2 Å². The molecule has 0 radical (unpaired) electrons. The predicted octanol–water partition coefficient (Wildman–Crippen LogP) is 20.9. The Morgan fingerprint density at radius 1 is 0.297 bits per heavy atom. The van der Waals surface area contributed by atoms with Gasteiger partial charge in [0.15, 0.2) is 12.2 Å². The number of aliphatic hydroxyl groups is 1. The minimum atomic E-state index is -4.95. The molecule has 19 heteroatoms. The third-order valence-electron chi connectivity index (χ3n) is 16.8. The van der Waals surface area contributed by atoms with Gasteiger partial charge in [-0.1, -0.05) is 324 Å². The van der Waals surface area contributed by atoms with Crippen LogP contribution in [0.4, 0.5) is 0 Å². The maximum Gasteiger partial charge on any atom is 0.472 e. The van der Waals surface area contributed by atoms with E-state index in [1.165, 1.54) is 186 Å². The number of unbranched alkanes of at least 4 members (excludes halogenated alkanes) is 44. The fourth-order valence-corrected chi connectivity index (χ4v) is 12.6. The van der Waals surface area contributed by atoms with Gasteiger partial charge in [-0.25, -0.2) is 9.13 Å². The van der Waals surface area contributed by atoms with E-state index in [2.05, 4.69) is 34.6 Å². The zero-order valence-electron chi connectivity index (χ0n) is 59.0. The summed E-state index contributed by atoms with van der Waals surface area (Å²) in [6.45, 7) is 7.22. The summed E-state index contributed by atoms with van der Waals surface area (Å²) in [6, 6.07) is 0. The molecule has 0 amide bonds. The monoisotopic (exact) mass is 1340 g/mol. The van der Waals surface area contributed by atoms with Crippen LogP contribution in [0.15, 0.2) is 0 Å². The summed E-state index contributed by atoms with van der Waals surface area (Å²) < 4.78 is 68.2. The molecule has 0 aliphatic carbocycles. The molecule has 0 bridgehead atoms. The van der Waals surface area contributed by atoms with Crippen molar-refractivity contribution in [3.63, 3.8) is 0 Å². The summed E-state index contributed by atoms with van der Waals surface area (Å²) in [4.78, 5) is 72.5. The second-order valence-electron chi connectivity index (χ2n) is 26.5. The van der Waals surface area contributed by atoms with Crippen molar-refractivity contribution in [3.05, 3.63) is 0 Å². The van der Waals surface area contributed by atoms with E-state index in [0.29, 0.717) is 25.7 Å². The van der Waals surface area contributed by atoms with Crippen molar-refractivity contribution in [2.45, 2.75) is 393 Å². The summed E-state index contributed by atoms with van der Waals surface area (Å²) in [5, 5.41) is 10.6. The normalized spacial score (nSPS) is 14.0. The molecule has 0 aliphatic rings. The second kappa shape index (κ2) is 65.4. The SMILES string of the molecule is CCCCCCCCCCCCCCCCCCCCCC(=O)O[C@H](COC(=O)CCCCCCCCCCCCCC(C)C)COP(=O)(O)OC[C@@H](O)COP(=O)(O)OC[C@@H](COC(=O)CCCCCCCCC)OC(=O)CCCCCCCCCCCCC. The summed E-state index contributed by atoms with van der Waals surface area (Å²) in [5.74, 6) is -1.35. The number of carbonyl (C=O) groups is 4. The lowest BCUT2D eigenvalue weighted by Crippen LogP contribution is -2.30. The van der Waals surface area contributed by atoms with E-state index in [1.54, 1.807) is 0 Å². The smallest absolute Gasteiger partial charge is 0.462 e. The van der Waals surface area contributed by atoms with Gasteiger partial charge < -0.3 is 33.8 Å². The Kier molecular flexibility index (Phi) is 64.0. The average molecular weight is 1340 g/mol. The molecule has 0 saturated heterocycles. The molecular weight excluding hydrogens is 1200 g/mol. The maximum atomic E-state index is 13.0. The fourth-order valence-electron chi connectivity index (χ4n) is 11.0. The van der Waals surface area contributed by atoms with E-state index in [-0.39, 0.29) is 25.7 Å². The van der Waals surface area contributed by atoms with Crippen molar-refractivity contribution in [2.24, 2.45) is 5.92 Å². The Hall–Kier alpha value is -1.94. The van der Waals surface area contributed by atoms with Gasteiger partial charge in [-0.3, -0.25) is 37.3 Å². The number of hydrogen-bond donors (Lipinski definition) is 3. The molecule has 91 heavy (non-hydrogen) atoms. The van der Waals surface area contributed by atoms with Crippen LogP contribution in [0.3, 0.4) is 0 Å². The standard InChI is InChI=1S/C72H140O17P2/c1-6-9-12-15-18-20-22-23-24-25-26-27-28-29-33-38-43-48-53-58-72(77)89-68(62-83-70(75)56-51-46-41-36-34-30-32-35-40-44-49-54-65(4)5)64-87-91(80,81)85-60-66(73)59-84-90(78,79)86-63-67(61-82-69(74)55-50-45-39-17-14-11-8-3)88-71(76)57-52-47-42-37-31-21-19-16-13-10-7-2/h65-68,73H,6-64H2,1-5H3,(H,78,79)(H,80,81)/t66-,67+,68+/m0/s1. The molecule has 0 fully saturated rings. The second-order valence-corrected chi connectivity index (χ2v) is 29.4. The van der Waals surface area contributed by atoms with E-state index < -0.39 is 97.5 Å².